The van der Waals surface area contributed by atoms with Crippen molar-refractivity contribution in [1.82, 2.24) is 0 Å². The van der Waals surface area contributed by atoms with Crippen molar-refractivity contribution in [3.63, 3.8) is 0 Å². The SMILES string of the molecule is c1ccc2c(c1)oc1cc(N(c3ccc4c(c3)oc3ccccc34)c3cccc4c3oc3c4ccc4oc5ccccc5c43)ccc12. The Labute approximate surface area is 266 Å². The highest BCUT2D eigenvalue weighted by atomic mass is 16.3. The number of hydrogen-bond acceptors (Lipinski definition) is 5. The van der Waals surface area contributed by atoms with Gasteiger partial charge in [-0.25, -0.2) is 0 Å². The molecule has 0 radical (unpaired) electrons. The predicted molar refractivity (Wildman–Crippen MR) is 190 cm³/mol. The zero-order valence-corrected chi connectivity index (χ0v) is 24.9. The molecule has 0 bridgehead atoms. The summed E-state index contributed by atoms with van der Waals surface area (Å²) in [6.07, 6.45) is 0. The van der Waals surface area contributed by atoms with E-state index >= 15 is 0 Å². The van der Waals surface area contributed by atoms with Crippen LogP contribution in [0.3, 0.4) is 0 Å². The van der Waals surface area contributed by atoms with Gasteiger partial charge >= 0.3 is 0 Å². The number of fused-ring (bicyclic) bond motifs is 13. The molecule has 0 N–H and O–H groups in total. The van der Waals surface area contributed by atoms with E-state index in [1.54, 1.807) is 0 Å². The van der Waals surface area contributed by atoms with Crippen LogP contribution in [0.1, 0.15) is 0 Å². The van der Waals surface area contributed by atoms with Gasteiger partial charge in [0.05, 0.1) is 22.4 Å². The summed E-state index contributed by atoms with van der Waals surface area (Å²) >= 11 is 0. The summed E-state index contributed by atoms with van der Waals surface area (Å²) in [5.74, 6) is 0. The molecule has 0 aliphatic heterocycles. The van der Waals surface area contributed by atoms with Gasteiger partial charge in [-0.15, -0.1) is 0 Å². The lowest BCUT2D eigenvalue weighted by molar-refractivity contribution is 0.662. The van der Waals surface area contributed by atoms with Gasteiger partial charge < -0.3 is 22.6 Å². The van der Waals surface area contributed by atoms with Gasteiger partial charge in [0.25, 0.3) is 0 Å². The molecule has 4 heterocycles. The van der Waals surface area contributed by atoms with Crippen LogP contribution in [0.5, 0.6) is 0 Å². The highest BCUT2D eigenvalue weighted by Gasteiger charge is 2.23. The second kappa shape index (κ2) is 9.05. The lowest BCUT2D eigenvalue weighted by Crippen LogP contribution is -2.10. The fourth-order valence-corrected chi connectivity index (χ4v) is 7.36. The molecule has 11 aromatic rings. The Morgan fingerprint density at radius 1 is 0.319 bits per heavy atom. The van der Waals surface area contributed by atoms with E-state index in [2.05, 4.69) is 83.8 Å². The molecule has 11 rings (SSSR count). The zero-order chi connectivity index (χ0) is 30.6. The number of benzene rings is 7. The molecule has 0 atom stereocenters. The molecule has 0 spiro atoms. The first-order valence-electron chi connectivity index (χ1n) is 15.7. The summed E-state index contributed by atoms with van der Waals surface area (Å²) < 4.78 is 25.8. The maximum absolute atomic E-state index is 6.91. The highest BCUT2D eigenvalue weighted by molar-refractivity contribution is 6.23. The van der Waals surface area contributed by atoms with Crippen LogP contribution < -0.4 is 4.90 Å². The van der Waals surface area contributed by atoms with Crippen molar-refractivity contribution in [1.29, 1.82) is 0 Å². The Balaban J connectivity index is 1.21. The second-order valence-electron chi connectivity index (χ2n) is 12.1. The van der Waals surface area contributed by atoms with Crippen LogP contribution in [0, 0.1) is 0 Å². The molecule has 47 heavy (non-hydrogen) atoms. The molecule has 0 saturated carbocycles. The van der Waals surface area contributed by atoms with Gasteiger partial charge in [0, 0.05) is 49.8 Å². The van der Waals surface area contributed by atoms with Crippen molar-refractivity contribution in [3.8, 4) is 0 Å². The standard InChI is InChI=1S/C42H23NO4/c1-4-13-34-26(8-1)28-18-16-24(22-38(28)45-34)43(25-17-19-29-27-9-2-5-14-35(27)46-39(29)23-25)33-12-7-11-30-31-20-21-37-40(42(31)47-41(30)33)32-10-3-6-15-36(32)44-37/h1-23H. The quantitative estimate of drug-likeness (QED) is 0.201. The molecule has 4 aromatic heterocycles. The van der Waals surface area contributed by atoms with Crippen LogP contribution in [0.4, 0.5) is 17.1 Å². The molecule has 0 unspecified atom stereocenters. The van der Waals surface area contributed by atoms with Crippen LogP contribution >= 0.6 is 0 Å². The molecule has 220 valence electrons. The number of nitrogens with zero attached hydrogens (tertiary/aromatic N) is 1. The van der Waals surface area contributed by atoms with Crippen LogP contribution in [-0.2, 0) is 0 Å². The van der Waals surface area contributed by atoms with E-state index in [1.165, 1.54) is 0 Å². The number of hydrogen-bond donors (Lipinski definition) is 0. The van der Waals surface area contributed by atoms with Gasteiger partial charge in [0.15, 0.2) is 5.58 Å². The Hall–Kier alpha value is -6.46. The minimum atomic E-state index is 0.787. The molecule has 0 fully saturated rings. The van der Waals surface area contributed by atoms with Gasteiger partial charge in [-0.3, -0.25) is 0 Å². The third-order valence-electron chi connectivity index (χ3n) is 9.47. The van der Waals surface area contributed by atoms with Gasteiger partial charge in [0.2, 0.25) is 0 Å². The molecule has 7 aromatic carbocycles. The van der Waals surface area contributed by atoms with E-state index in [0.29, 0.717) is 0 Å². The summed E-state index contributed by atoms with van der Waals surface area (Å²) in [5, 5.41) is 8.45. The maximum Gasteiger partial charge on any atom is 0.159 e. The average molecular weight is 606 g/mol. The van der Waals surface area contributed by atoms with E-state index in [4.69, 9.17) is 17.7 Å². The molecular formula is C42H23NO4. The topological polar surface area (TPSA) is 55.8 Å². The van der Waals surface area contributed by atoms with Crippen molar-refractivity contribution < 1.29 is 17.7 Å². The fraction of sp³-hybridized carbons (Fsp3) is 0. The minimum absolute atomic E-state index is 0.787. The predicted octanol–water partition coefficient (Wildman–Crippen LogP) is 12.8. The molecule has 0 amide bonds. The Morgan fingerprint density at radius 2 is 0.809 bits per heavy atom. The molecule has 0 aliphatic rings. The van der Waals surface area contributed by atoms with Crippen molar-refractivity contribution in [2.24, 2.45) is 0 Å². The third-order valence-corrected chi connectivity index (χ3v) is 9.47. The van der Waals surface area contributed by atoms with E-state index in [0.717, 1.165) is 105 Å². The first-order chi connectivity index (χ1) is 23.3. The second-order valence-corrected chi connectivity index (χ2v) is 12.1. The summed E-state index contributed by atoms with van der Waals surface area (Å²) in [7, 11) is 0. The van der Waals surface area contributed by atoms with Gasteiger partial charge in [0.1, 0.15) is 39.1 Å². The van der Waals surface area contributed by atoms with Crippen LogP contribution in [0.15, 0.2) is 157 Å². The maximum atomic E-state index is 6.91. The normalized spacial score (nSPS) is 12.3. The van der Waals surface area contributed by atoms with Crippen molar-refractivity contribution in [3.05, 3.63) is 140 Å². The molecule has 0 aliphatic carbocycles. The van der Waals surface area contributed by atoms with Crippen molar-refractivity contribution in [2.75, 3.05) is 4.90 Å². The van der Waals surface area contributed by atoms with Crippen molar-refractivity contribution in [2.45, 2.75) is 0 Å². The lowest BCUT2D eigenvalue weighted by Gasteiger charge is -2.25. The van der Waals surface area contributed by atoms with E-state index in [1.807, 2.05) is 60.7 Å². The monoisotopic (exact) mass is 605 g/mol. The van der Waals surface area contributed by atoms with Crippen LogP contribution in [0.2, 0.25) is 0 Å². The molecular weight excluding hydrogens is 582 g/mol. The molecule has 5 nitrogen and oxygen atoms in total. The number of rotatable bonds is 3. The smallest absolute Gasteiger partial charge is 0.159 e. The largest absolute Gasteiger partial charge is 0.456 e. The Morgan fingerprint density at radius 3 is 1.47 bits per heavy atom. The van der Waals surface area contributed by atoms with Gasteiger partial charge in [-0.1, -0.05) is 66.7 Å². The van der Waals surface area contributed by atoms with E-state index in [9.17, 15) is 0 Å². The van der Waals surface area contributed by atoms with Gasteiger partial charge in [-0.2, -0.15) is 0 Å². The third kappa shape index (κ3) is 3.43. The van der Waals surface area contributed by atoms with Crippen LogP contribution in [-0.4, -0.2) is 0 Å². The van der Waals surface area contributed by atoms with Gasteiger partial charge in [-0.05, 0) is 60.7 Å². The zero-order valence-electron chi connectivity index (χ0n) is 24.9. The first-order valence-corrected chi connectivity index (χ1v) is 15.7. The average Bonchev–Trinajstić information content (AvgIpc) is 3.87. The first kappa shape index (κ1) is 24.8. The minimum Gasteiger partial charge on any atom is -0.456 e. The van der Waals surface area contributed by atoms with E-state index < -0.39 is 0 Å². The molecule has 5 heteroatoms. The summed E-state index contributed by atoms with van der Waals surface area (Å²) in [6.45, 7) is 0. The Bertz CT molecular complexity index is 2930. The number of para-hydroxylation sites is 4. The number of anilines is 3. The lowest BCUT2D eigenvalue weighted by atomic mass is 10.1. The van der Waals surface area contributed by atoms with E-state index in [-0.39, 0.29) is 0 Å². The van der Waals surface area contributed by atoms with Crippen molar-refractivity contribution >= 4 is 105 Å². The van der Waals surface area contributed by atoms with Crippen LogP contribution in [0.25, 0.3) is 87.8 Å². The highest BCUT2D eigenvalue weighted by Crippen LogP contribution is 2.46. The summed E-state index contributed by atoms with van der Waals surface area (Å²) in [5.41, 5.74) is 9.42. The number of furan rings is 4. The fourth-order valence-electron chi connectivity index (χ4n) is 7.36. The Kier molecular flexibility index (Phi) is 4.78. The molecule has 0 saturated heterocycles. The summed E-state index contributed by atoms with van der Waals surface area (Å²) in [6, 6.07) is 47.7. The summed E-state index contributed by atoms with van der Waals surface area (Å²) in [4.78, 5) is 2.23.